The van der Waals surface area contributed by atoms with Crippen molar-refractivity contribution in [1.29, 1.82) is 0 Å². The van der Waals surface area contributed by atoms with Crippen LogP contribution in [-0.4, -0.2) is 58.9 Å². The largest absolute Gasteiger partial charge is 0.484 e. The third kappa shape index (κ3) is 8.38. The Kier molecular flexibility index (Phi) is 10.1. The Morgan fingerprint density at radius 2 is 1.80 bits per heavy atom. The van der Waals surface area contributed by atoms with Gasteiger partial charge in [0, 0.05) is 13.2 Å². The summed E-state index contributed by atoms with van der Waals surface area (Å²) in [6.45, 7) is 4.30. The highest BCUT2D eigenvalue weighted by Gasteiger charge is 2.28. The molecule has 3 aromatic rings. The Morgan fingerprint density at radius 3 is 2.51 bits per heavy atom. The highest BCUT2D eigenvalue weighted by atomic mass is 32.2. The molecule has 1 saturated heterocycles. The first kappa shape index (κ1) is 29.8. The fraction of sp³-hybridized carbons (Fsp3) is 0.300. The normalized spacial score (nSPS) is 15.0. The van der Waals surface area contributed by atoms with E-state index in [2.05, 4.69) is 15.8 Å². The molecule has 216 valence electrons. The molecule has 1 aliphatic rings. The minimum atomic E-state index is -4.02. The van der Waals surface area contributed by atoms with E-state index in [1.54, 1.807) is 55.5 Å². The van der Waals surface area contributed by atoms with Crippen LogP contribution in [0.15, 0.2) is 82.8 Å². The number of sulfonamides is 1. The van der Waals surface area contributed by atoms with Gasteiger partial charge in [-0.2, -0.15) is 5.10 Å². The lowest BCUT2D eigenvalue weighted by atomic mass is 10.1. The van der Waals surface area contributed by atoms with Crippen LogP contribution in [-0.2, 0) is 24.3 Å². The summed E-state index contributed by atoms with van der Waals surface area (Å²) in [4.78, 5) is 24.9. The van der Waals surface area contributed by atoms with E-state index in [0.717, 1.165) is 29.3 Å². The fourth-order valence-corrected chi connectivity index (χ4v) is 5.73. The van der Waals surface area contributed by atoms with Gasteiger partial charge in [0.1, 0.15) is 12.3 Å². The van der Waals surface area contributed by atoms with Gasteiger partial charge in [0.05, 0.1) is 22.9 Å². The molecule has 1 fully saturated rings. The maximum absolute atomic E-state index is 13.5. The standard InChI is InChI=1S/C30H34N4O6S/c1-22-10-11-23(2)28(17-22)34(41(37,38)27-8-4-3-5-9-27)20-29(35)33-32-18-24-12-14-25(15-13-24)40-21-30(36)31-19-26-7-6-16-39-26/h3-5,8-15,17-18,26H,6-7,16,19-21H2,1-2H3,(H,31,36)(H,33,35)/b32-18-/t26-/m0/s1. The quantitative estimate of drug-likeness (QED) is 0.251. The second kappa shape index (κ2) is 13.9. The van der Waals surface area contributed by atoms with Crippen molar-refractivity contribution in [2.45, 2.75) is 37.7 Å². The predicted octanol–water partition coefficient (Wildman–Crippen LogP) is 3.32. The molecule has 2 N–H and O–H groups in total. The molecular weight excluding hydrogens is 544 g/mol. The van der Waals surface area contributed by atoms with E-state index in [-0.39, 0.29) is 23.5 Å². The Hall–Kier alpha value is -4.22. The first-order valence-electron chi connectivity index (χ1n) is 13.3. The zero-order valence-electron chi connectivity index (χ0n) is 23.1. The van der Waals surface area contributed by atoms with Crippen molar-refractivity contribution in [3.05, 3.63) is 89.5 Å². The van der Waals surface area contributed by atoms with Crippen molar-refractivity contribution in [3.63, 3.8) is 0 Å². The number of amides is 2. The van der Waals surface area contributed by atoms with Crippen LogP contribution in [0, 0.1) is 13.8 Å². The summed E-state index contributed by atoms with van der Waals surface area (Å²) in [5, 5.41) is 6.79. The van der Waals surface area contributed by atoms with Crippen molar-refractivity contribution in [2.75, 3.05) is 30.6 Å². The summed E-state index contributed by atoms with van der Waals surface area (Å²) in [6.07, 6.45) is 3.46. The molecule has 0 radical (unpaired) electrons. The van der Waals surface area contributed by atoms with Gasteiger partial charge in [0.15, 0.2) is 6.61 Å². The Balaban J connectivity index is 1.34. The molecule has 0 spiro atoms. The van der Waals surface area contributed by atoms with Crippen LogP contribution in [0.4, 0.5) is 5.69 Å². The van der Waals surface area contributed by atoms with Crippen molar-refractivity contribution >= 4 is 33.7 Å². The van der Waals surface area contributed by atoms with E-state index in [4.69, 9.17) is 9.47 Å². The summed E-state index contributed by atoms with van der Waals surface area (Å²) in [5.74, 6) is -0.317. The SMILES string of the molecule is Cc1ccc(C)c(N(CC(=O)N/N=C\c2ccc(OCC(=O)NC[C@@H]3CCCO3)cc2)S(=O)(=O)c2ccccc2)c1. The Morgan fingerprint density at radius 1 is 1.05 bits per heavy atom. The monoisotopic (exact) mass is 578 g/mol. The van der Waals surface area contributed by atoms with Crippen molar-refractivity contribution < 1.29 is 27.5 Å². The molecule has 0 aromatic heterocycles. The van der Waals surface area contributed by atoms with Crippen LogP contribution in [0.1, 0.15) is 29.5 Å². The number of hydrazone groups is 1. The Labute approximate surface area is 240 Å². The van der Waals surface area contributed by atoms with Gasteiger partial charge in [-0.1, -0.05) is 30.3 Å². The van der Waals surface area contributed by atoms with Gasteiger partial charge in [0.25, 0.3) is 21.8 Å². The lowest BCUT2D eigenvalue weighted by Gasteiger charge is -2.25. The zero-order valence-corrected chi connectivity index (χ0v) is 23.9. The third-order valence-electron chi connectivity index (χ3n) is 6.46. The summed E-state index contributed by atoms with van der Waals surface area (Å²) in [6, 6.07) is 20.2. The maximum Gasteiger partial charge on any atom is 0.264 e. The number of ether oxygens (including phenoxy) is 2. The number of hydrogen-bond acceptors (Lipinski definition) is 7. The molecule has 0 unspecified atom stereocenters. The molecule has 0 aliphatic carbocycles. The van der Waals surface area contributed by atoms with Crippen LogP contribution in [0.3, 0.4) is 0 Å². The van der Waals surface area contributed by atoms with Gasteiger partial charge in [-0.3, -0.25) is 13.9 Å². The van der Waals surface area contributed by atoms with E-state index in [1.807, 2.05) is 19.1 Å². The van der Waals surface area contributed by atoms with E-state index >= 15 is 0 Å². The average Bonchev–Trinajstić information content (AvgIpc) is 3.50. The molecular formula is C30H34N4O6S. The van der Waals surface area contributed by atoms with Crippen LogP contribution in [0.5, 0.6) is 5.75 Å². The Bertz CT molecular complexity index is 1470. The molecule has 0 bridgehead atoms. The number of benzene rings is 3. The van der Waals surface area contributed by atoms with Crippen LogP contribution in [0.25, 0.3) is 0 Å². The van der Waals surface area contributed by atoms with Gasteiger partial charge in [-0.05, 0) is 85.8 Å². The molecule has 41 heavy (non-hydrogen) atoms. The third-order valence-corrected chi connectivity index (χ3v) is 8.23. The molecule has 1 atom stereocenters. The number of anilines is 1. The van der Waals surface area contributed by atoms with Crippen LogP contribution in [0.2, 0.25) is 0 Å². The summed E-state index contributed by atoms with van der Waals surface area (Å²) in [7, 11) is -4.02. The molecule has 10 nitrogen and oxygen atoms in total. The summed E-state index contributed by atoms with van der Waals surface area (Å²) in [5.41, 5.74) is 5.08. The number of carbonyl (C=O) groups is 2. The fourth-order valence-electron chi connectivity index (χ4n) is 4.24. The first-order chi connectivity index (χ1) is 19.7. The van der Waals surface area contributed by atoms with Gasteiger partial charge >= 0.3 is 0 Å². The van der Waals surface area contributed by atoms with Crippen molar-refractivity contribution in [2.24, 2.45) is 5.10 Å². The second-order valence-electron chi connectivity index (χ2n) is 9.70. The molecule has 3 aromatic carbocycles. The maximum atomic E-state index is 13.5. The van der Waals surface area contributed by atoms with E-state index in [1.165, 1.54) is 18.3 Å². The molecule has 0 saturated carbocycles. The average molecular weight is 579 g/mol. The molecule has 1 aliphatic heterocycles. The van der Waals surface area contributed by atoms with Crippen molar-refractivity contribution in [3.8, 4) is 5.75 Å². The van der Waals surface area contributed by atoms with E-state index in [9.17, 15) is 18.0 Å². The first-order valence-corrected chi connectivity index (χ1v) is 14.7. The molecule has 4 rings (SSSR count). The number of carbonyl (C=O) groups excluding carboxylic acids is 2. The minimum absolute atomic E-state index is 0.0704. The van der Waals surface area contributed by atoms with E-state index < -0.39 is 22.5 Å². The lowest BCUT2D eigenvalue weighted by molar-refractivity contribution is -0.123. The van der Waals surface area contributed by atoms with Crippen LogP contribution >= 0.6 is 0 Å². The topological polar surface area (TPSA) is 126 Å². The lowest BCUT2D eigenvalue weighted by Crippen LogP contribution is -2.40. The van der Waals surface area contributed by atoms with Gasteiger partial charge < -0.3 is 14.8 Å². The number of nitrogens with zero attached hydrogens (tertiary/aromatic N) is 2. The minimum Gasteiger partial charge on any atom is -0.484 e. The predicted molar refractivity (Wildman–Crippen MR) is 157 cm³/mol. The zero-order chi connectivity index (χ0) is 29.2. The van der Waals surface area contributed by atoms with Crippen molar-refractivity contribution in [1.82, 2.24) is 10.7 Å². The van der Waals surface area contributed by atoms with Crippen LogP contribution < -0.4 is 19.8 Å². The van der Waals surface area contributed by atoms with Gasteiger partial charge in [-0.15, -0.1) is 0 Å². The smallest absolute Gasteiger partial charge is 0.264 e. The molecule has 2 amide bonds. The van der Waals surface area contributed by atoms with Gasteiger partial charge in [-0.25, -0.2) is 13.8 Å². The summed E-state index contributed by atoms with van der Waals surface area (Å²) < 4.78 is 39.1. The molecule has 11 heteroatoms. The summed E-state index contributed by atoms with van der Waals surface area (Å²) >= 11 is 0. The number of rotatable bonds is 12. The number of hydrogen-bond donors (Lipinski definition) is 2. The van der Waals surface area contributed by atoms with E-state index in [0.29, 0.717) is 29.1 Å². The molecule has 1 heterocycles. The highest BCUT2D eigenvalue weighted by molar-refractivity contribution is 7.92. The number of nitrogens with one attached hydrogen (secondary N) is 2. The number of aryl methyl sites for hydroxylation is 2. The highest BCUT2D eigenvalue weighted by Crippen LogP contribution is 2.27. The second-order valence-corrected chi connectivity index (χ2v) is 11.6. The van der Waals surface area contributed by atoms with Gasteiger partial charge in [0.2, 0.25) is 0 Å².